The third-order valence-corrected chi connectivity index (χ3v) is 7.06. The summed E-state index contributed by atoms with van der Waals surface area (Å²) in [5, 5.41) is 2.95. The van der Waals surface area contributed by atoms with Crippen LogP contribution in [0.15, 0.2) is 48.5 Å². The molecule has 0 bridgehead atoms. The SMILES string of the molecule is CC[C@H](C(=O)N[C@@H](C)CC)N(Cc1ccccc1)C(=O)CN(c1ccc(OC)c(OC)c1)S(C)(=O)=O. The number of amides is 2. The summed E-state index contributed by atoms with van der Waals surface area (Å²) < 4.78 is 37.1. The zero-order valence-electron chi connectivity index (χ0n) is 21.9. The first-order valence-corrected chi connectivity index (χ1v) is 13.7. The van der Waals surface area contributed by atoms with E-state index in [-0.39, 0.29) is 24.2 Å². The molecule has 2 amide bonds. The van der Waals surface area contributed by atoms with Crippen LogP contribution in [0.4, 0.5) is 5.69 Å². The van der Waals surface area contributed by atoms with Crippen LogP contribution in [0.25, 0.3) is 0 Å². The van der Waals surface area contributed by atoms with Crippen molar-refractivity contribution in [1.82, 2.24) is 10.2 Å². The van der Waals surface area contributed by atoms with Gasteiger partial charge in [-0.25, -0.2) is 8.42 Å². The number of ether oxygens (including phenoxy) is 2. The molecule has 2 aromatic rings. The van der Waals surface area contributed by atoms with Crippen LogP contribution in [0.5, 0.6) is 11.5 Å². The van der Waals surface area contributed by atoms with Gasteiger partial charge in [0.05, 0.1) is 26.2 Å². The third kappa shape index (κ3) is 7.61. The minimum absolute atomic E-state index is 0.0560. The van der Waals surface area contributed by atoms with E-state index in [0.717, 1.165) is 22.5 Å². The van der Waals surface area contributed by atoms with Gasteiger partial charge in [-0.15, -0.1) is 0 Å². The summed E-state index contributed by atoms with van der Waals surface area (Å²) in [6.45, 7) is 5.38. The molecule has 0 fully saturated rings. The number of carbonyl (C=O) groups is 2. The first-order chi connectivity index (χ1) is 17.0. The van der Waals surface area contributed by atoms with E-state index in [1.54, 1.807) is 12.1 Å². The number of rotatable bonds is 13. The maximum Gasteiger partial charge on any atom is 0.244 e. The highest BCUT2D eigenvalue weighted by Crippen LogP contribution is 2.32. The number of nitrogens with zero attached hydrogens (tertiary/aromatic N) is 2. The van der Waals surface area contributed by atoms with Crippen molar-refractivity contribution in [2.45, 2.75) is 52.2 Å². The summed E-state index contributed by atoms with van der Waals surface area (Å²) in [5.74, 6) is -0.00512. The average Bonchev–Trinajstić information content (AvgIpc) is 2.86. The molecule has 2 rings (SSSR count). The predicted molar refractivity (Wildman–Crippen MR) is 141 cm³/mol. The van der Waals surface area contributed by atoms with Gasteiger partial charge < -0.3 is 19.7 Å². The minimum Gasteiger partial charge on any atom is -0.493 e. The summed E-state index contributed by atoms with van der Waals surface area (Å²) in [6.07, 6.45) is 2.15. The maximum absolute atomic E-state index is 13.7. The van der Waals surface area contributed by atoms with Crippen LogP contribution in [0, 0.1) is 0 Å². The zero-order valence-corrected chi connectivity index (χ0v) is 22.7. The molecule has 0 saturated heterocycles. The molecule has 0 aliphatic carbocycles. The van der Waals surface area contributed by atoms with Crippen LogP contribution >= 0.6 is 0 Å². The van der Waals surface area contributed by atoms with E-state index >= 15 is 0 Å². The van der Waals surface area contributed by atoms with Crippen molar-refractivity contribution in [3.63, 3.8) is 0 Å². The minimum atomic E-state index is -3.85. The van der Waals surface area contributed by atoms with E-state index in [0.29, 0.717) is 17.9 Å². The fraction of sp³-hybridized carbons (Fsp3) is 0.462. The lowest BCUT2D eigenvalue weighted by Crippen LogP contribution is -2.53. The van der Waals surface area contributed by atoms with Crippen molar-refractivity contribution in [2.24, 2.45) is 0 Å². The highest BCUT2D eigenvalue weighted by atomic mass is 32.2. The first kappa shape index (κ1) is 29.0. The summed E-state index contributed by atoms with van der Waals surface area (Å²) in [4.78, 5) is 28.3. The Balaban J connectivity index is 2.46. The molecule has 2 atom stereocenters. The molecule has 198 valence electrons. The molecule has 0 aliphatic heterocycles. The van der Waals surface area contributed by atoms with Crippen molar-refractivity contribution < 1.29 is 27.5 Å². The number of carbonyl (C=O) groups excluding carboxylic acids is 2. The van der Waals surface area contributed by atoms with Crippen molar-refractivity contribution in [3.8, 4) is 11.5 Å². The lowest BCUT2D eigenvalue weighted by atomic mass is 10.1. The largest absolute Gasteiger partial charge is 0.493 e. The van der Waals surface area contributed by atoms with E-state index in [9.17, 15) is 18.0 Å². The number of anilines is 1. The first-order valence-electron chi connectivity index (χ1n) is 11.9. The summed E-state index contributed by atoms with van der Waals surface area (Å²) in [5.41, 5.74) is 1.08. The highest BCUT2D eigenvalue weighted by molar-refractivity contribution is 7.92. The molecule has 0 aliphatic rings. The molecule has 0 radical (unpaired) electrons. The third-order valence-electron chi connectivity index (χ3n) is 5.92. The van der Waals surface area contributed by atoms with Crippen LogP contribution in [0.1, 0.15) is 39.2 Å². The van der Waals surface area contributed by atoms with Gasteiger partial charge in [0.2, 0.25) is 21.8 Å². The van der Waals surface area contributed by atoms with Gasteiger partial charge in [-0.05, 0) is 37.5 Å². The molecular weight excluding hydrogens is 482 g/mol. The van der Waals surface area contributed by atoms with E-state index in [2.05, 4.69) is 5.32 Å². The van der Waals surface area contributed by atoms with Gasteiger partial charge in [0, 0.05) is 18.7 Å². The molecule has 9 nitrogen and oxygen atoms in total. The Labute approximate surface area is 214 Å². The van der Waals surface area contributed by atoms with Crippen molar-refractivity contribution in [3.05, 3.63) is 54.1 Å². The van der Waals surface area contributed by atoms with Crippen LogP contribution < -0.4 is 19.1 Å². The predicted octanol–water partition coefficient (Wildman–Crippen LogP) is 3.19. The fourth-order valence-electron chi connectivity index (χ4n) is 3.73. The molecule has 0 unspecified atom stereocenters. The monoisotopic (exact) mass is 519 g/mol. The Kier molecular flexibility index (Phi) is 10.6. The maximum atomic E-state index is 13.7. The number of nitrogens with one attached hydrogen (secondary N) is 1. The normalized spacial score (nSPS) is 12.8. The molecule has 0 aromatic heterocycles. The van der Waals surface area contributed by atoms with Gasteiger partial charge >= 0.3 is 0 Å². The van der Waals surface area contributed by atoms with Gasteiger partial charge in [-0.3, -0.25) is 13.9 Å². The fourth-order valence-corrected chi connectivity index (χ4v) is 4.58. The molecule has 2 aromatic carbocycles. The number of benzene rings is 2. The zero-order chi connectivity index (χ0) is 26.9. The Morgan fingerprint density at radius 2 is 1.61 bits per heavy atom. The number of hydrogen-bond donors (Lipinski definition) is 1. The van der Waals surface area contributed by atoms with Crippen LogP contribution in [-0.2, 0) is 26.2 Å². The quantitative estimate of drug-likeness (QED) is 0.436. The van der Waals surface area contributed by atoms with Gasteiger partial charge in [0.15, 0.2) is 11.5 Å². The lowest BCUT2D eigenvalue weighted by molar-refractivity contribution is -0.140. The van der Waals surface area contributed by atoms with Crippen molar-refractivity contribution in [1.29, 1.82) is 0 Å². The Morgan fingerprint density at radius 3 is 2.14 bits per heavy atom. The molecule has 1 N–H and O–H groups in total. The second-order valence-electron chi connectivity index (χ2n) is 8.56. The molecule has 0 heterocycles. The highest BCUT2D eigenvalue weighted by Gasteiger charge is 2.32. The molecule has 10 heteroatoms. The second kappa shape index (κ2) is 13.2. The smallest absolute Gasteiger partial charge is 0.244 e. The number of sulfonamides is 1. The Hall–Kier alpha value is -3.27. The topological polar surface area (TPSA) is 105 Å². The van der Waals surface area contributed by atoms with E-state index < -0.39 is 28.5 Å². The molecule has 0 saturated carbocycles. The van der Waals surface area contributed by atoms with Gasteiger partial charge in [0.1, 0.15) is 12.6 Å². The second-order valence-corrected chi connectivity index (χ2v) is 10.5. The van der Waals surface area contributed by atoms with Crippen LogP contribution in [0.3, 0.4) is 0 Å². The molecular formula is C26H37N3O6S. The van der Waals surface area contributed by atoms with E-state index in [1.165, 1.54) is 25.2 Å². The number of methoxy groups -OCH3 is 2. The van der Waals surface area contributed by atoms with Crippen LogP contribution in [-0.4, -0.2) is 64.2 Å². The van der Waals surface area contributed by atoms with E-state index in [1.807, 2.05) is 51.1 Å². The molecule has 36 heavy (non-hydrogen) atoms. The summed E-state index contributed by atoms with van der Waals surface area (Å²) in [6, 6.07) is 13.1. The lowest BCUT2D eigenvalue weighted by Gasteiger charge is -2.33. The average molecular weight is 520 g/mol. The van der Waals surface area contributed by atoms with Gasteiger partial charge in [-0.1, -0.05) is 44.2 Å². The standard InChI is InChI=1S/C26H37N3O6S/c1-7-19(3)27-26(31)22(8-2)28(17-20-12-10-9-11-13-20)25(30)18-29(36(6,32)33)21-14-15-23(34-4)24(16-21)35-5/h9-16,19,22H,7-8,17-18H2,1-6H3,(H,27,31)/t19-,22+/m0/s1. The Bertz CT molecular complexity index is 1120. The summed E-state index contributed by atoms with van der Waals surface area (Å²) in [7, 11) is -0.927. The van der Waals surface area contributed by atoms with Gasteiger partial charge in [-0.2, -0.15) is 0 Å². The van der Waals surface area contributed by atoms with Gasteiger partial charge in [0.25, 0.3) is 0 Å². The summed E-state index contributed by atoms with van der Waals surface area (Å²) >= 11 is 0. The van der Waals surface area contributed by atoms with Crippen molar-refractivity contribution in [2.75, 3.05) is 31.3 Å². The van der Waals surface area contributed by atoms with Crippen LogP contribution in [0.2, 0.25) is 0 Å². The van der Waals surface area contributed by atoms with Crippen molar-refractivity contribution >= 4 is 27.5 Å². The molecule has 0 spiro atoms. The Morgan fingerprint density at radius 1 is 0.972 bits per heavy atom. The number of hydrogen-bond acceptors (Lipinski definition) is 6. The van der Waals surface area contributed by atoms with E-state index in [4.69, 9.17) is 9.47 Å².